The Morgan fingerprint density at radius 3 is 2.79 bits per heavy atom. The highest BCUT2D eigenvalue weighted by atomic mass is 35.5. The van der Waals surface area contributed by atoms with Crippen molar-refractivity contribution in [1.29, 1.82) is 0 Å². The molecule has 2 aliphatic rings. The Kier molecular flexibility index (Phi) is 7.43. The first kappa shape index (κ1) is 21.5. The minimum atomic E-state index is -0.721. The van der Waals surface area contributed by atoms with Crippen LogP contribution in [0.4, 0.5) is 4.39 Å². The number of halogens is 2. The van der Waals surface area contributed by atoms with Crippen molar-refractivity contribution in [2.75, 3.05) is 19.7 Å². The van der Waals surface area contributed by atoms with Gasteiger partial charge in [0.2, 0.25) is 0 Å². The molecule has 0 radical (unpaired) electrons. The Labute approximate surface area is 172 Å². The quantitative estimate of drug-likeness (QED) is 0.518. The van der Waals surface area contributed by atoms with Gasteiger partial charge in [-0.15, -0.1) is 0 Å². The molecular formula is C19H23ClFN3O5. The van der Waals surface area contributed by atoms with Gasteiger partial charge < -0.3 is 15.4 Å². The number of ether oxygens (including phenoxy) is 1. The Morgan fingerprint density at radius 1 is 1.34 bits per heavy atom. The van der Waals surface area contributed by atoms with E-state index in [-0.39, 0.29) is 36.1 Å². The van der Waals surface area contributed by atoms with Crippen LogP contribution < -0.4 is 20.7 Å². The zero-order valence-corrected chi connectivity index (χ0v) is 16.5. The van der Waals surface area contributed by atoms with E-state index >= 15 is 0 Å². The van der Waals surface area contributed by atoms with Crippen LogP contribution in [0, 0.1) is 11.7 Å². The first-order valence-corrected chi connectivity index (χ1v) is 9.69. The molecule has 3 N–H and O–H groups in total. The molecule has 1 heterocycles. The normalized spacial score (nSPS) is 21.3. The van der Waals surface area contributed by atoms with E-state index in [1.54, 1.807) is 0 Å². The van der Waals surface area contributed by atoms with Crippen molar-refractivity contribution in [2.45, 2.75) is 31.6 Å². The lowest BCUT2D eigenvalue weighted by atomic mass is 10.2. The Bertz CT molecular complexity index is 766. The van der Waals surface area contributed by atoms with Gasteiger partial charge >= 0.3 is 0 Å². The summed E-state index contributed by atoms with van der Waals surface area (Å²) < 4.78 is 18.5. The van der Waals surface area contributed by atoms with Gasteiger partial charge in [0.05, 0.1) is 5.02 Å². The van der Waals surface area contributed by atoms with Gasteiger partial charge in [-0.2, -0.15) is 0 Å². The summed E-state index contributed by atoms with van der Waals surface area (Å²) in [5.74, 6) is -0.730. The van der Waals surface area contributed by atoms with Gasteiger partial charge in [-0.05, 0) is 25.0 Å². The third-order valence-electron chi connectivity index (χ3n) is 4.43. The number of carbonyl (C=O) groups excluding carboxylic acids is 2. The molecule has 3 rings (SSSR count). The molecule has 0 bridgehead atoms. The van der Waals surface area contributed by atoms with E-state index < -0.39 is 17.8 Å². The summed E-state index contributed by atoms with van der Waals surface area (Å²) in [6.07, 6.45) is 1.68. The van der Waals surface area contributed by atoms with Crippen LogP contribution in [0.2, 0.25) is 5.02 Å². The van der Waals surface area contributed by atoms with Crippen LogP contribution in [0.3, 0.4) is 0 Å². The maximum Gasteiger partial charge on any atom is 0.262 e. The zero-order valence-electron chi connectivity index (χ0n) is 15.7. The lowest BCUT2D eigenvalue weighted by molar-refractivity contribution is -0.371. The average molecular weight is 428 g/mol. The summed E-state index contributed by atoms with van der Waals surface area (Å²) >= 11 is 5.58. The highest BCUT2D eigenvalue weighted by Crippen LogP contribution is 2.34. The molecule has 1 aliphatic carbocycles. The average Bonchev–Trinajstić information content (AvgIpc) is 3.54. The fraction of sp³-hybridized carbons (Fsp3) is 0.474. The molecule has 2 atom stereocenters. The van der Waals surface area contributed by atoms with E-state index in [1.807, 2.05) is 0 Å². The lowest BCUT2D eigenvalue weighted by Gasteiger charge is -2.28. The van der Waals surface area contributed by atoms with Crippen molar-refractivity contribution in [3.8, 4) is 5.75 Å². The van der Waals surface area contributed by atoms with Crippen molar-refractivity contribution < 1.29 is 28.5 Å². The van der Waals surface area contributed by atoms with Crippen LogP contribution >= 0.6 is 11.6 Å². The van der Waals surface area contributed by atoms with Gasteiger partial charge in [-0.25, -0.2) is 14.2 Å². The smallest absolute Gasteiger partial charge is 0.262 e. The number of carbonyl (C=O) groups is 2. The van der Waals surface area contributed by atoms with E-state index in [2.05, 4.69) is 22.5 Å². The second-order valence-electron chi connectivity index (χ2n) is 6.90. The van der Waals surface area contributed by atoms with Crippen molar-refractivity contribution in [3.05, 3.63) is 41.3 Å². The fourth-order valence-electron chi connectivity index (χ4n) is 2.66. The standard InChI is InChI=1S/C19H23ClFN3O5/c1-11(24-17(25)10-27-13-4-5-14(20)15(21)8-13)6-7-22-18(26)16-9-23-19(29-28-16)12-2-3-12/h4-5,8,12,16,19,23H,1-3,6-7,9-10H2,(H,22,26)(H,24,25). The van der Waals surface area contributed by atoms with Gasteiger partial charge in [0.1, 0.15) is 17.8 Å². The van der Waals surface area contributed by atoms with Gasteiger partial charge in [-0.1, -0.05) is 18.2 Å². The minimum absolute atomic E-state index is 0.0269. The molecule has 2 amide bonds. The predicted molar refractivity (Wildman–Crippen MR) is 102 cm³/mol. The summed E-state index contributed by atoms with van der Waals surface area (Å²) in [5, 5.41) is 8.38. The SMILES string of the molecule is C=C(CCNC(=O)C1CNC(C2CC2)OO1)NC(=O)COc1ccc(Cl)c(F)c1. The molecule has 1 saturated carbocycles. The maximum absolute atomic E-state index is 13.3. The van der Waals surface area contributed by atoms with Crippen LogP contribution in [0.15, 0.2) is 30.5 Å². The molecule has 8 nitrogen and oxygen atoms in total. The molecule has 0 aromatic heterocycles. The number of nitrogens with one attached hydrogen (secondary N) is 3. The van der Waals surface area contributed by atoms with Crippen molar-refractivity contribution in [2.24, 2.45) is 5.92 Å². The third kappa shape index (κ3) is 6.67. The molecule has 0 spiro atoms. The van der Waals surface area contributed by atoms with E-state index in [4.69, 9.17) is 26.1 Å². The lowest BCUT2D eigenvalue weighted by Crippen LogP contribution is -2.52. The molecule has 1 saturated heterocycles. The summed E-state index contributed by atoms with van der Waals surface area (Å²) in [6, 6.07) is 3.90. The molecule has 2 unspecified atom stereocenters. The van der Waals surface area contributed by atoms with E-state index in [9.17, 15) is 14.0 Å². The van der Waals surface area contributed by atoms with Crippen LogP contribution in [0.25, 0.3) is 0 Å². The molecule has 1 aliphatic heterocycles. The zero-order chi connectivity index (χ0) is 20.8. The molecule has 2 fully saturated rings. The van der Waals surface area contributed by atoms with Crippen molar-refractivity contribution in [1.82, 2.24) is 16.0 Å². The van der Waals surface area contributed by atoms with E-state index in [0.717, 1.165) is 18.9 Å². The summed E-state index contributed by atoms with van der Waals surface area (Å²) in [5.41, 5.74) is 0.411. The largest absolute Gasteiger partial charge is 0.484 e. The number of rotatable bonds is 9. The minimum Gasteiger partial charge on any atom is -0.484 e. The van der Waals surface area contributed by atoms with Gasteiger partial charge in [0.15, 0.2) is 12.7 Å². The summed E-state index contributed by atoms with van der Waals surface area (Å²) in [6.45, 7) is 4.08. The molecule has 1 aromatic rings. The number of hydrogen-bond acceptors (Lipinski definition) is 6. The first-order chi connectivity index (χ1) is 13.9. The van der Waals surface area contributed by atoms with E-state index in [1.165, 1.54) is 12.1 Å². The molecule has 10 heteroatoms. The number of amides is 2. The fourth-order valence-corrected chi connectivity index (χ4v) is 2.78. The predicted octanol–water partition coefficient (Wildman–Crippen LogP) is 1.65. The second kappa shape index (κ2) is 10.0. The monoisotopic (exact) mass is 427 g/mol. The Hall–Kier alpha value is -2.20. The van der Waals surface area contributed by atoms with Gasteiger partial charge in [0, 0.05) is 37.2 Å². The molecule has 1 aromatic carbocycles. The van der Waals surface area contributed by atoms with Crippen LogP contribution in [0.1, 0.15) is 19.3 Å². The van der Waals surface area contributed by atoms with Gasteiger partial charge in [-0.3, -0.25) is 14.9 Å². The van der Waals surface area contributed by atoms with Crippen LogP contribution in [0.5, 0.6) is 5.75 Å². The first-order valence-electron chi connectivity index (χ1n) is 9.31. The Balaban J connectivity index is 1.28. The third-order valence-corrected chi connectivity index (χ3v) is 4.73. The second-order valence-corrected chi connectivity index (χ2v) is 7.31. The number of benzene rings is 1. The van der Waals surface area contributed by atoms with Crippen LogP contribution in [-0.2, 0) is 19.4 Å². The Morgan fingerprint density at radius 2 is 2.14 bits per heavy atom. The highest BCUT2D eigenvalue weighted by Gasteiger charge is 2.37. The number of hydrogen-bond donors (Lipinski definition) is 3. The topological polar surface area (TPSA) is 97.9 Å². The molecule has 158 valence electrons. The summed E-state index contributed by atoms with van der Waals surface area (Å²) in [4.78, 5) is 34.3. The van der Waals surface area contributed by atoms with E-state index in [0.29, 0.717) is 24.6 Å². The van der Waals surface area contributed by atoms with Crippen LogP contribution in [-0.4, -0.2) is 43.8 Å². The van der Waals surface area contributed by atoms with Crippen molar-refractivity contribution >= 4 is 23.4 Å². The van der Waals surface area contributed by atoms with Crippen molar-refractivity contribution in [3.63, 3.8) is 0 Å². The van der Waals surface area contributed by atoms with Gasteiger partial charge in [0.25, 0.3) is 11.8 Å². The maximum atomic E-state index is 13.3. The molecule has 29 heavy (non-hydrogen) atoms. The highest BCUT2D eigenvalue weighted by molar-refractivity contribution is 6.30. The molecular weight excluding hydrogens is 405 g/mol. The summed E-state index contributed by atoms with van der Waals surface area (Å²) in [7, 11) is 0.